The summed E-state index contributed by atoms with van der Waals surface area (Å²) in [5, 5.41) is 3.80. The lowest BCUT2D eigenvalue weighted by molar-refractivity contribution is 0.411. The Kier molecular flexibility index (Phi) is 5.64. The topological polar surface area (TPSA) is 25.2 Å². The van der Waals surface area contributed by atoms with Gasteiger partial charge in [0.1, 0.15) is 11.6 Å². The zero-order chi connectivity index (χ0) is 14.5. The number of hydrogen-bond donors (Lipinski definition) is 1. The quantitative estimate of drug-likeness (QED) is 0.773. The van der Waals surface area contributed by atoms with Gasteiger partial charge in [-0.25, -0.2) is 4.39 Å². The Hall–Kier alpha value is -0.840. The van der Waals surface area contributed by atoms with E-state index in [1.165, 1.54) is 12.1 Å². The van der Waals surface area contributed by atoms with Gasteiger partial charge in [-0.15, -0.1) is 0 Å². The molecule has 2 aromatic rings. The third kappa shape index (κ3) is 4.08. The van der Waals surface area contributed by atoms with Gasteiger partial charge in [0, 0.05) is 4.47 Å². The normalized spacial score (nSPS) is 12.6. The monoisotopic (exact) mass is 359 g/mol. The second-order valence-electron chi connectivity index (χ2n) is 4.59. The highest BCUT2D eigenvalue weighted by Gasteiger charge is 2.17. The number of hydrogen-bond acceptors (Lipinski definition) is 2. The second-order valence-corrected chi connectivity index (χ2v) is 5.82. The molecule has 1 N–H and O–H groups in total. The maximum Gasteiger partial charge on any atom is 0.193 e. The van der Waals surface area contributed by atoms with E-state index in [1.54, 1.807) is 12.1 Å². The van der Waals surface area contributed by atoms with E-state index in [1.807, 2.05) is 6.07 Å². The van der Waals surface area contributed by atoms with Gasteiger partial charge in [0.25, 0.3) is 0 Å². The molecule has 1 unspecified atom stereocenters. The Morgan fingerprint density at radius 1 is 1.35 bits per heavy atom. The Morgan fingerprint density at radius 2 is 2.15 bits per heavy atom. The van der Waals surface area contributed by atoms with Gasteiger partial charge in [-0.3, -0.25) is 0 Å². The van der Waals surface area contributed by atoms with Gasteiger partial charge in [0.2, 0.25) is 0 Å². The first kappa shape index (κ1) is 15.5. The summed E-state index contributed by atoms with van der Waals surface area (Å²) in [6.07, 6.45) is 1.72. The van der Waals surface area contributed by atoms with Crippen molar-refractivity contribution in [3.05, 3.63) is 57.2 Å². The van der Waals surface area contributed by atoms with Crippen LogP contribution in [0.1, 0.15) is 30.7 Å². The summed E-state index contributed by atoms with van der Waals surface area (Å²) in [6.45, 7) is 2.98. The lowest BCUT2D eigenvalue weighted by Crippen LogP contribution is -2.23. The van der Waals surface area contributed by atoms with E-state index < -0.39 is 0 Å². The third-order valence-corrected chi connectivity index (χ3v) is 3.96. The van der Waals surface area contributed by atoms with E-state index in [0.717, 1.165) is 28.8 Å². The van der Waals surface area contributed by atoms with Gasteiger partial charge in [-0.1, -0.05) is 28.9 Å². The summed E-state index contributed by atoms with van der Waals surface area (Å²) < 4.78 is 19.4. The molecule has 1 aromatic heterocycles. The third-order valence-electron chi connectivity index (χ3n) is 3.02. The van der Waals surface area contributed by atoms with Crippen molar-refractivity contribution in [2.24, 2.45) is 0 Å². The van der Waals surface area contributed by atoms with Crippen LogP contribution in [0.2, 0.25) is 5.22 Å². The van der Waals surface area contributed by atoms with Crippen LogP contribution in [0, 0.1) is 5.82 Å². The molecular formula is C15H16BrClFNO. The van der Waals surface area contributed by atoms with Crippen LogP contribution in [0.25, 0.3) is 0 Å². The molecule has 0 spiro atoms. The minimum Gasteiger partial charge on any atom is -0.448 e. The first-order valence-corrected chi connectivity index (χ1v) is 7.69. The lowest BCUT2D eigenvalue weighted by atomic mass is 10.0. The Balaban J connectivity index is 2.18. The molecule has 0 aliphatic carbocycles. The molecule has 2 nitrogen and oxygen atoms in total. The molecular weight excluding hydrogens is 345 g/mol. The summed E-state index contributed by atoms with van der Waals surface area (Å²) >= 11 is 9.24. The highest BCUT2D eigenvalue weighted by atomic mass is 79.9. The molecule has 0 amide bonds. The summed E-state index contributed by atoms with van der Waals surface area (Å²) in [7, 11) is 0. The number of nitrogens with one attached hydrogen (secondary N) is 1. The van der Waals surface area contributed by atoms with Crippen molar-refractivity contribution in [2.45, 2.75) is 25.8 Å². The first-order valence-electron chi connectivity index (χ1n) is 6.52. The van der Waals surface area contributed by atoms with E-state index in [9.17, 15) is 4.39 Å². The SMILES string of the molecule is CCCNC(Cc1ccc(F)cc1Br)c1ccc(Cl)o1. The smallest absolute Gasteiger partial charge is 0.193 e. The predicted molar refractivity (Wildman–Crippen MR) is 82.6 cm³/mol. The summed E-state index contributed by atoms with van der Waals surface area (Å²) in [5.41, 5.74) is 1.02. The van der Waals surface area contributed by atoms with Gasteiger partial charge in [-0.2, -0.15) is 0 Å². The van der Waals surface area contributed by atoms with Crippen molar-refractivity contribution in [2.75, 3.05) is 6.54 Å². The largest absolute Gasteiger partial charge is 0.448 e. The molecule has 2 rings (SSSR count). The van der Waals surface area contributed by atoms with Crippen LogP contribution in [0.15, 0.2) is 39.2 Å². The lowest BCUT2D eigenvalue weighted by Gasteiger charge is -2.17. The Labute approximate surface area is 131 Å². The molecule has 0 saturated carbocycles. The van der Waals surface area contributed by atoms with Crippen LogP contribution in [-0.2, 0) is 6.42 Å². The Bertz CT molecular complexity index is 573. The van der Waals surface area contributed by atoms with Gasteiger partial charge in [0.05, 0.1) is 6.04 Å². The molecule has 0 bridgehead atoms. The van der Waals surface area contributed by atoms with Crippen molar-refractivity contribution >= 4 is 27.5 Å². The van der Waals surface area contributed by atoms with Gasteiger partial charge >= 0.3 is 0 Å². The average molecular weight is 361 g/mol. The highest BCUT2D eigenvalue weighted by Crippen LogP contribution is 2.27. The molecule has 0 saturated heterocycles. The van der Waals surface area contributed by atoms with Crippen LogP contribution in [0.5, 0.6) is 0 Å². The summed E-state index contributed by atoms with van der Waals surface area (Å²) in [4.78, 5) is 0. The zero-order valence-corrected chi connectivity index (χ0v) is 13.5. The number of halogens is 3. The van der Waals surface area contributed by atoms with Gasteiger partial charge in [0.15, 0.2) is 5.22 Å². The molecule has 5 heteroatoms. The molecule has 1 atom stereocenters. The molecule has 108 valence electrons. The van der Waals surface area contributed by atoms with Crippen LogP contribution < -0.4 is 5.32 Å². The maximum atomic E-state index is 13.1. The number of rotatable bonds is 6. The Morgan fingerprint density at radius 3 is 2.75 bits per heavy atom. The van der Waals surface area contributed by atoms with Crippen LogP contribution >= 0.6 is 27.5 Å². The molecule has 1 aromatic carbocycles. The van der Waals surface area contributed by atoms with Crippen LogP contribution in [0.4, 0.5) is 4.39 Å². The minimum atomic E-state index is -0.250. The fourth-order valence-corrected chi connectivity index (χ4v) is 2.68. The number of benzene rings is 1. The van der Waals surface area contributed by atoms with E-state index in [2.05, 4.69) is 28.2 Å². The van der Waals surface area contributed by atoms with E-state index in [0.29, 0.717) is 11.6 Å². The van der Waals surface area contributed by atoms with Crippen LogP contribution in [0.3, 0.4) is 0 Å². The van der Waals surface area contributed by atoms with E-state index in [4.69, 9.17) is 16.0 Å². The van der Waals surface area contributed by atoms with Gasteiger partial charge < -0.3 is 9.73 Å². The van der Waals surface area contributed by atoms with Crippen molar-refractivity contribution < 1.29 is 8.81 Å². The predicted octanol–water partition coefficient (Wildman–Crippen LogP) is 5.12. The standard InChI is InChI=1S/C15H16BrClFNO/c1-2-7-19-13(14-5-6-15(17)20-14)8-10-3-4-11(18)9-12(10)16/h3-6,9,13,19H,2,7-8H2,1H3. The maximum absolute atomic E-state index is 13.1. The number of furan rings is 1. The molecule has 0 radical (unpaired) electrons. The second kappa shape index (κ2) is 7.25. The van der Waals surface area contributed by atoms with Crippen molar-refractivity contribution in [3.63, 3.8) is 0 Å². The van der Waals surface area contributed by atoms with Crippen LogP contribution in [-0.4, -0.2) is 6.54 Å². The molecule has 0 fully saturated rings. The minimum absolute atomic E-state index is 0.0178. The first-order chi connectivity index (χ1) is 9.60. The molecule has 20 heavy (non-hydrogen) atoms. The van der Waals surface area contributed by atoms with Crippen molar-refractivity contribution in [1.82, 2.24) is 5.32 Å². The molecule has 0 aliphatic rings. The van der Waals surface area contributed by atoms with Crippen molar-refractivity contribution in [3.8, 4) is 0 Å². The fraction of sp³-hybridized carbons (Fsp3) is 0.333. The summed E-state index contributed by atoms with van der Waals surface area (Å²) in [5.74, 6) is 0.541. The summed E-state index contributed by atoms with van der Waals surface area (Å²) in [6, 6.07) is 8.34. The highest BCUT2D eigenvalue weighted by molar-refractivity contribution is 9.10. The molecule has 1 heterocycles. The van der Waals surface area contributed by atoms with Crippen molar-refractivity contribution in [1.29, 1.82) is 0 Å². The van der Waals surface area contributed by atoms with E-state index >= 15 is 0 Å². The fourth-order valence-electron chi connectivity index (χ4n) is 2.01. The zero-order valence-electron chi connectivity index (χ0n) is 11.1. The molecule has 0 aliphatic heterocycles. The average Bonchev–Trinajstić information content (AvgIpc) is 2.83. The van der Waals surface area contributed by atoms with E-state index in [-0.39, 0.29) is 11.9 Å². The van der Waals surface area contributed by atoms with Gasteiger partial charge in [-0.05, 0) is 60.8 Å².